The summed E-state index contributed by atoms with van der Waals surface area (Å²) in [5.41, 5.74) is 1.38. The van der Waals surface area contributed by atoms with Crippen molar-refractivity contribution in [2.45, 2.75) is 19.9 Å². The second-order valence-electron chi connectivity index (χ2n) is 5.95. The number of rotatable bonds is 6. The zero-order valence-electron chi connectivity index (χ0n) is 15.4. The molecule has 3 rings (SSSR count). The van der Waals surface area contributed by atoms with Gasteiger partial charge in [-0.2, -0.15) is 0 Å². The number of aromatic nitrogens is 4. The van der Waals surface area contributed by atoms with Gasteiger partial charge in [0.2, 0.25) is 0 Å². The highest BCUT2D eigenvalue weighted by Crippen LogP contribution is 2.06. The van der Waals surface area contributed by atoms with Crippen molar-refractivity contribution in [3.05, 3.63) is 72.1 Å². The van der Waals surface area contributed by atoms with Crippen LogP contribution in [-0.4, -0.2) is 33.9 Å². The Bertz CT molecular complexity index is 957. The summed E-state index contributed by atoms with van der Waals surface area (Å²) < 4.78 is 40.5. The second-order valence-corrected chi connectivity index (χ2v) is 5.95. The molecule has 11 heteroatoms. The minimum Gasteiger partial charge on any atom is -0.418 e. The molecule has 152 valence electrons. The summed E-state index contributed by atoms with van der Waals surface area (Å²) in [4.78, 5) is 25.3. The van der Waals surface area contributed by atoms with Gasteiger partial charge in [-0.15, -0.1) is 4.68 Å². The van der Waals surface area contributed by atoms with Gasteiger partial charge in [-0.05, 0) is 19.1 Å². The minimum atomic E-state index is -6.00. The number of para-hydroxylation sites is 1. The van der Waals surface area contributed by atoms with E-state index in [1.165, 1.54) is 16.4 Å². The van der Waals surface area contributed by atoms with E-state index in [-0.39, 0.29) is 24.5 Å². The van der Waals surface area contributed by atoms with E-state index in [4.69, 9.17) is 0 Å². The fourth-order valence-electron chi connectivity index (χ4n) is 2.33. The van der Waals surface area contributed by atoms with Gasteiger partial charge in [0.25, 0.3) is 0 Å². The molecule has 0 saturated carbocycles. The van der Waals surface area contributed by atoms with Crippen LogP contribution in [0.5, 0.6) is 0 Å². The van der Waals surface area contributed by atoms with Gasteiger partial charge in [0.15, 0.2) is 18.0 Å². The second kappa shape index (κ2) is 9.72. The number of nitrogens with zero attached hydrogens (tertiary/aromatic N) is 4. The van der Waals surface area contributed by atoms with Crippen LogP contribution in [0.4, 0.5) is 17.3 Å². The molecule has 29 heavy (non-hydrogen) atoms. The van der Waals surface area contributed by atoms with Gasteiger partial charge in [-0.25, -0.2) is 0 Å². The standard InChI is InChI=1S/C18H17N4O2.BF4/c1-14(23)12-18-19-22(16-10-6-3-7-11-16)20-21(18)13-17(24)15-8-4-2-5-9-15;2-1(3,4)5/h2-11H,12-13H2,1H3;/q+1;-1. The Hall–Kier alpha value is -3.37. The quantitative estimate of drug-likeness (QED) is 0.272. The van der Waals surface area contributed by atoms with Gasteiger partial charge in [-0.3, -0.25) is 9.59 Å². The predicted octanol–water partition coefficient (Wildman–Crippen LogP) is 2.87. The number of carbonyl (C=O) groups excluding carboxylic acids is 2. The average molecular weight is 408 g/mol. The van der Waals surface area contributed by atoms with Crippen molar-refractivity contribution in [2.24, 2.45) is 0 Å². The first-order chi connectivity index (χ1) is 13.6. The number of benzene rings is 2. The first-order valence-corrected chi connectivity index (χ1v) is 8.50. The van der Waals surface area contributed by atoms with Gasteiger partial charge in [-0.1, -0.05) is 48.5 Å². The van der Waals surface area contributed by atoms with Crippen molar-refractivity contribution in [2.75, 3.05) is 0 Å². The maximum Gasteiger partial charge on any atom is 0.673 e. The molecule has 0 atom stereocenters. The van der Waals surface area contributed by atoms with Gasteiger partial charge in [0.1, 0.15) is 12.2 Å². The molecule has 3 aromatic rings. The minimum absolute atomic E-state index is 0.0315. The van der Waals surface area contributed by atoms with Crippen molar-refractivity contribution < 1.29 is 31.5 Å². The van der Waals surface area contributed by atoms with Gasteiger partial charge in [0, 0.05) is 10.4 Å². The Kier molecular flexibility index (Phi) is 7.35. The SMILES string of the molecule is CC(=O)Cc1nn(-c2ccccc2)n[n+]1CC(=O)c1ccccc1.F[B-](F)(F)F. The molecule has 1 aromatic heterocycles. The van der Waals surface area contributed by atoms with E-state index in [0.717, 1.165) is 5.69 Å². The molecule has 0 saturated heterocycles. The highest BCUT2D eigenvalue weighted by atomic mass is 19.5. The highest BCUT2D eigenvalue weighted by molar-refractivity contribution is 6.50. The lowest BCUT2D eigenvalue weighted by Gasteiger charge is -1.98. The maximum absolute atomic E-state index is 12.4. The summed E-state index contributed by atoms with van der Waals surface area (Å²) in [5, 5.41) is 8.71. The number of tetrazole rings is 1. The Morgan fingerprint density at radius 2 is 1.48 bits per heavy atom. The van der Waals surface area contributed by atoms with Gasteiger partial charge >= 0.3 is 13.1 Å². The van der Waals surface area contributed by atoms with Gasteiger partial charge < -0.3 is 17.3 Å². The number of hydrogen-bond acceptors (Lipinski definition) is 4. The molecular weight excluding hydrogens is 391 g/mol. The summed E-state index contributed by atoms with van der Waals surface area (Å²) in [6.45, 7) is 1.53. The van der Waals surface area contributed by atoms with E-state index < -0.39 is 7.25 Å². The molecule has 0 aliphatic carbocycles. The molecule has 1 heterocycles. The fourth-order valence-corrected chi connectivity index (χ4v) is 2.33. The number of ketones is 2. The van der Waals surface area contributed by atoms with E-state index >= 15 is 0 Å². The van der Waals surface area contributed by atoms with Gasteiger partial charge in [0.05, 0.1) is 10.3 Å². The first-order valence-electron chi connectivity index (χ1n) is 8.50. The van der Waals surface area contributed by atoms with Crippen LogP contribution < -0.4 is 4.68 Å². The van der Waals surface area contributed by atoms with E-state index in [9.17, 15) is 26.9 Å². The lowest BCUT2D eigenvalue weighted by Crippen LogP contribution is -2.44. The molecular formula is C18H17BF4N4O2. The Morgan fingerprint density at radius 1 is 0.966 bits per heavy atom. The monoisotopic (exact) mass is 408 g/mol. The van der Waals surface area contributed by atoms with Crippen molar-refractivity contribution in [3.8, 4) is 5.69 Å². The summed E-state index contributed by atoms with van der Waals surface area (Å²) in [7, 11) is -6.00. The summed E-state index contributed by atoms with van der Waals surface area (Å²) in [6, 6.07) is 18.4. The summed E-state index contributed by atoms with van der Waals surface area (Å²) >= 11 is 0. The normalized spacial score (nSPS) is 10.8. The third-order valence-electron chi connectivity index (χ3n) is 3.48. The van der Waals surface area contributed by atoms with Crippen molar-refractivity contribution in [1.29, 1.82) is 0 Å². The number of Topliss-reactive ketones (excluding diaryl/α,β-unsaturated/α-hetero) is 2. The molecule has 0 spiro atoms. The maximum atomic E-state index is 12.4. The van der Waals surface area contributed by atoms with Crippen LogP contribution in [0.2, 0.25) is 0 Å². The molecule has 0 amide bonds. The molecule has 0 unspecified atom stereocenters. The van der Waals surface area contributed by atoms with E-state index in [1.54, 1.807) is 12.1 Å². The third kappa shape index (κ3) is 7.64. The fraction of sp³-hybridized carbons (Fsp3) is 0.167. The molecule has 0 N–H and O–H groups in total. The molecule has 0 fully saturated rings. The Balaban J connectivity index is 0.000000537. The topological polar surface area (TPSA) is 68.7 Å². The molecule has 0 radical (unpaired) electrons. The van der Waals surface area contributed by atoms with Crippen LogP contribution in [0.15, 0.2) is 60.7 Å². The molecule has 2 aromatic carbocycles. The van der Waals surface area contributed by atoms with Crippen LogP contribution in [-0.2, 0) is 17.8 Å². The zero-order valence-corrected chi connectivity index (χ0v) is 15.4. The number of carbonyl (C=O) groups is 2. The number of halogens is 4. The molecule has 0 aliphatic rings. The first kappa shape index (κ1) is 21.9. The predicted molar refractivity (Wildman–Crippen MR) is 96.9 cm³/mol. The summed E-state index contributed by atoms with van der Waals surface area (Å²) in [5.74, 6) is 0.358. The molecule has 0 bridgehead atoms. The largest absolute Gasteiger partial charge is 0.673 e. The van der Waals surface area contributed by atoms with Crippen LogP contribution in [0.1, 0.15) is 23.1 Å². The molecule has 6 nitrogen and oxygen atoms in total. The highest BCUT2D eigenvalue weighted by Gasteiger charge is 2.24. The van der Waals surface area contributed by atoms with Crippen LogP contribution in [0, 0.1) is 0 Å². The van der Waals surface area contributed by atoms with Crippen LogP contribution >= 0.6 is 0 Å². The molecule has 0 aliphatic heterocycles. The van der Waals surface area contributed by atoms with E-state index in [1.807, 2.05) is 48.5 Å². The van der Waals surface area contributed by atoms with Crippen molar-refractivity contribution in [1.82, 2.24) is 15.1 Å². The third-order valence-corrected chi connectivity index (χ3v) is 3.48. The lowest BCUT2D eigenvalue weighted by molar-refractivity contribution is -0.749. The Labute approximate surface area is 163 Å². The van der Waals surface area contributed by atoms with Crippen LogP contribution in [0.3, 0.4) is 0 Å². The van der Waals surface area contributed by atoms with Crippen molar-refractivity contribution >= 4 is 18.8 Å². The van der Waals surface area contributed by atoms with E-state index in [2.05, 4.69) is 10.3 Å². The number of hydrogen-bond donors (Lipinski definition) is 0. The average Bonchev–Trinajstić information content (AvgIpc) is 3.03. The smallest absolute Gasteiger partial charge is 0.418 e. The summed E-state index contributed by atoms with van der Waals surface area (Å²) in [6.07, 6.45) is 0.134. The van der Waals surface area contributed by atoms with Crippen LogP contribution in [0.25, 0.3) is 5.69 Å². The Morgan fingerprint density at radius 3 is 2.00 bits per heavy atom. The zero-order chi connectivity index (χ0) is 21.4. The van der Waals surface area contributed by atoms with Crippen molar-refractivity contribution in [3.63, 3.8) is 0 Å². The van der Waals surface area contributed by atoms with E-state index in [0.29, 0.717) is 11.4 Å². The lowest BCUT2D eigenvalue weighted by atomic mass is 10.1.